The fraction of sp³-hybridized carbons (Fsp3) is 0.600. The van der Waals surface area contributed by atoms with Crippen LogP contribution in [-0.4, -0.2) is 31.9 Å². The largest absolute Gasteiger partial charge is 0.469 e. The summed E-state index contributed by atoms with van der Waals surface area (Å²) in [4.78, 5) is 22.7. The normalized spacial score (nSPS) is 17.1. The number of carbonyl (C=O) groups is 2. The van der Waals surface area contributed by atoms with Gasteiger partial charge >= 0.3 is 11.9 Å². The van der Waals surface area contributed by atoms with Crippen molar-refractivity contribution in [2.75, 3.05) is 20.0 Å². The summed E-state index contributed by atoms with van der Waals surface area (Å²) >= 11 is 1.73. The van der Waals surface area contributed by atoms with Gasteiger partial charge in [0.15, 0.2) is 0 Å². The van der Waals surface area contributed by atoms with Gasteiger partial charge in [-0.05, 0) is 37.3 Å². The van der Waals surface area contributed by atoms with E-state index in [-0.39, 0.29) is 22.4 Å². The van der Waals surface area contributed by atoms with E-state index in [2.05, 4.69) is 4.74 Å². The Kier molecular flexibility index (Phi) is 4.98. The van der Waals surface area contributed by atoms with Gasteiger partial charge in [-0.2, -0.15) is 11.8 Å². The highest BCUT2D eigenvalue weighted by Crippen LogP contribution is 2.53. The van der Waals surface area contributed by atoms with Crippen LogP contribution in [0.2, 0.25) is 0 Å². The fourth-order valence-corrected chi connectivity index (χ4v) is 3.38. The lowest BCUT2D eigenvalue weighted by Crippen LogP contribution is -2.13. The van der Waals surface area contributed by atoms with Gasteiger partial charge < -0.3 is 13.9 Å². The zero-order valence-electron chi connectivity index (χ0n) is 12.5. The monoisotopic (exact) mass is 312 g/mol. The van der Waals surface area contributed by atoms with Gasteiger partial charge in [-0.1, -0.05) is 0 Å². The molecule has 1 fully saturated rings. The Morgan fingerprint density at radius 3 is 2.62 bits per heavy atom. The molecule has 1 unspecified atom stereocenters. The number of carbonyl (C=O) groups excluding carboxylic acids is 2. The average molecular weight is 312 g/mol. The molecule has 1 aromatic rings. The van der Waals surface area contributed by atoms with Gasteiger partial charge in [-0.15, -0.1) is 0 Å². The molecule has 2 rings (SSSR count). The van der Waals surface area contributed by atoms with Crippen LogP contribution in [0.1, 0.15) is 47.8 Å². The Balaban J connectivity index is 1.87. The maximum atomic E-state index is 11.4. The topological polar surface area (TPSA) is 65.7 Å². The summed E-state index contributed by atoms with van der Waals surface area (Å²) in [5, 5.41) is 0.124. The number of hydrogen-bond donors (Lipinski definition) is 0. The van der Waals surface area contributed by atoms with Crippen LogP contribution in [0.3, 0.4) is 0 Å². The SMILES string of the molecule is COC(=O)CC1(CSC(C)c2ccc(C(=O)OC)o2)CC1. The van der Waals surface area contributed by atoms with Crippen molar-refractivity contribution >= 4 is 23.7 Å². The number of hydrogen-bond acceptors (Lipinski definition) is 6. The highest BCUT2D eigenvalue weighted by Gasteiger charge is 2.44. The van der Waals surface area contributed by atoms with Crippen LogP contribution in [0.4, 0.5) is 0 Å². The van der Waals surface area contributed by atoms with Crippen LogP contribution in [0, 0.1) is 5.41 Å². The highest BCUT2D eigenvalue weighted by atomic mass is 32.2. The number of esters is 2. The molecule has 21 heavy (non-hydrogen) atoms. The Hall–Kier alpha value is -1.43. The van der Waals surface area contributed by atoms with E-state index in [1.165, 1.54) is 14.2 Å². The van der Waals surface area contributed by atoms with Crippen molar-refractivity contribution in [3.8, 4) is 0 Å². The zero-order chi connectivity index (χ0) is 15.5. The van der Waals surface area contributed by atoms with Crippen molar-refractivity contribution < 1.29 is 23.5 Å². The van der Waals surface area contributed by atoms with Crippen molar-refractivity contribution in [1.82, 2.24) is 0 Å². The van der Waals surface area contributed by atoms with Crippen molar-refractivity contribution in [1.29, 1.82) is 0 Å². The fourth-order valence-electron chi connectivity index (χ4n) is 2.09. The molecule has 1 aliphatic rings. The lowest BCUT2D eigenvalue weighted by Gasteiger charge is -2.15. The Morgan fingerprint density at radius 1 is 1.33 bits per heavy atom. The molecule has 0 N–H and O–H groups in total. The molecule has 116 valence electrons. The third-order valence-corrected chi connectivity index (χ3v) is 5.27. The van der Waals surface area contributed by atoms with Gasteiger partial charge in [0.2, 0.25) is 5.76 Å². The Bertz CT molecular complexity index is 518. The van der Waals surface area contributed by atoms with Crippen LogP contribution >= 0.6 is 11.8 Å². The molecular weight excluding hydrogens is 292 g/mol. The van der Waals surface area contributed by atoms with E-state index in [0.29, 0.717) is 6.42 Å². The molecule has 0 aromatic carbocycles. The molecule has 0 amide bonds. The van der Waals surface area contributed by atoms with Gasteiger partial charge in [0.25, 0.3) is 0 Å². The molecule has 1 aliphatic carbocycles. The lowest BCUT2D eigenvalue weighted by atomic mass is 10.1. The molecule has 0 spiro atoms. The first kappa shape index (κ1) is 15.9. The second-order valence-electron chi connectivity index (χ2n) is 5.40. The number of rotatable bonds is 7. The van der Waals surface area contributed by atoms with E-state index >= 15 is 0 Å². The quantitative estimate of drug-likeness (QED) is 0.720. The number of furan rings is 1. The van der Waals surface area contributed by atoms with Crippen LogP contribution in [0.25, 0.3) is 0 Å². The molecule has 0 radical (unpaired) electrons. The van der Waals surface area contributed by atoms with Gasteiger partial charge in [0, 0.05) is 5.75 Å². The van der Waals surface area contributed by atoms with E-state index < -0.39 is 5.97 Å². The molecule has 0 saturated heterocycles. The molecule has 1 saturated carbocycles. The molecule has 5 nitrogen and oxygen atoms in total. The minimum Gasteiger partial charge on any atom is -0.469 e. The van der Waals surface area contributed by atoms with Crippen LogP contribution in [-0.2, 0) is 14.3 Å². The van der Waals surface area contributed by atoms with Crippen LogP contribution in [0.5, 0.6) is 0 Å². The van der Waals surface area contributed by atoms with Crippen molar-refractivity contribution in [2.45, 2.75) is 31.4 Å². The smallest absolute Gasteiger partial charge is 0.373 e. The van der Waals surface area contributed by atoms with E-state index in [1.54, 1.807) is 23.9 Å². The van der Waals surface area contributed by atoms with Crippen molar-refractivity contribution in [3.63, 3.8) is 0 Å². The maximum Gasteiger partial charge on any atom is 0.373 e. The highest BCUT2D eigenvalue weighted by molar-refractivity contribution is 7.99. The summed E-state index contributed by atoms with van der Waals surface area (Å²) in [5.74, 6) is 1.23. The van der Waals surface area contributed by atoms with Crippen molar-refractivity contribution in [2.24, 2.45) is 5.41 Å². The maximum absolute atomic E-state index is 11.4. The zero-order valence-corrected chi connectivity index (χ0v) is 13.3. The third-order valence-electron chi connectivity index (χ3n) is 3.76. The summed E-state index contributed by atoms with van der Waals surface area (Å²) in [6.07, 6.45) is 2.61. The number of ether oxygens (including phenoxy) is 2. The van der Waals surface area contributed by atoms with E-state index in [1.807, 2.05) is 6.92 Å². The van der Waals surface area contributed by atoms with Gasteiger partial charge in [0.05, 0.1) is 25.9 Å². The summed E-state index contributed by atoms with van der Waals surface area (Å²) in [5.41, 5.74) is 0.0871. The van der Waals surface area contributed by atoms with Gasteiger partial charge in [-0.25, -0.2) is 4.79 Å². The Morgan fingerprint density at radius 2 is 2.05 bits per heavy atom. The van der Waals surface area contributed by atoms with E-state index in [4.69, 9.17) is 9.15 Å². The molecule has 1 heterocycles. The molecule has 0 aliphatic heterocycles. The van der Waals surface area contributed by atoms with Crippen LogP contribution < -0.4 is 0 Å². The second-order valence-corrected chi connectivity index (χ2v) is 6.73. The first-order valence-corrected chi connectivity index (χ1v) is 7.91. The minimum absolute atomic E-state index is 0.0871. The van der Waals surface area contributed by atoms with E-state index in [9.17, 15) is 9.59 Å². The minimum atomic E-state index is -0.470. The number of methoxy groups -OCH3 is 2. The predicted molar refractivity (Wildman–Crippen MR) is 79.2 cm³/mol. The van der Waals surface area contributed by atoms with E-state index in [0.717, 1.165) is 24.4 Å². The summed E-state index contributed by atoms with van der Waals surface area (Å²) < 4.78 is 14.9. The molecule has 0 bridgehead atoms. The summed E-state index contributed by atoms with van der Waals surface area (Å²) in [6.45, 7) is 2.03. The van der Waals surface area contributed by atoms with Crippen LogP contribution in [0.15, 0.2) is 16.5 Å². The molecule has 1 aromatic heterocycles. The van der Waals surface area contributed by atoms with Gasteiger partial charge in [-0.3, -0.25) is 4.79 Å². The van der Waals surface area contributed by atoms with Gasteiger partial charge in [0.1, 0.15) is 5.76 Å². The molecule has 1 atom stereocenters. The third kappa shape index (κ3) is 4.03. The standard InChI is InChI=1S/C15H20O5S/c1-10(11-4-5-12(20-11)14(17)19-3)21-9-15(6-7-15)8-13(16)18-2/h4-5,10H,6-9H2,1-3H3. The lowest BCUT2D eigenvalue weighted by molar-refractivity contribution is -0.141. The predicted octanol–water partition coefficient (Wildman–Crippen LogP) is 3.20. The molecule has 6 heteroatoms. The first-order chi connectivity index (χ1) is 9.99. The number of thioether (sulfide) groups is 1. The average Bonchev–Trinajstić information content (AvgIpc) is 3.07. The Labute approximate surface area is 128 Å². The molecular formula is C15H20O5S. The second kappa shape index (κ2) is 6.56. The first-order valence-electron chi connectivity index (χ1n) is 6.86. The summed E-state index contributed by atoms with van der Waals surface area (Å²) in [7, 11) is 2.75. The van der Waals surface area contributed by atoms with Crippen molar-refractivity contribution in [3.05, 3.63) is 23.7 Å². The summed E-state index contributed by atoms with van der Waals surface area (Å²) in [6, 6.07) is 3.42.